The van der Waals surface area contributed by atoms with Gasteiger partial charge in [0.2, 0.25) is 0 Å². The van der Waals surface area contributed by atoms with Gasteiger partial charge in [0.25, 0.3) is 0 Å². The molecule has 1 fully saturated rings. The molecule has 7 nitrogen and oxygen atoms in total. The van der Waals surface area contributed by atoms with E-state index in [2.05, 4.69) is 10.3 Å². The van der Waals surface area contributed by atoms with Crippen molar-refractivity contribution < 1.29 is 17.9 Å². The number of hydrogen-bond acceptors (Lipinski definition) is 7. The number of ether oxygens (including phenoxy) is 1. The van der Waals surface area contributed by atoms with E-state index < -0.39 is 21.3 Å². The third-order valence-corrected chi connectivity index (χ3v) is 5.23. The fourth-order valence-electron chi connectivity index (χ4n) is 2.34. The Hall–Kier alpha value is -1.83. The van der Waals surface area contributed by atoms with E-state index in [-0.39, 0.29) is 23.7 Å². The minimum absolute atomic E-state index is 0.00826. The molecule has 1 aliphatic heterocycles. The second kappa shape index (κ2) is 5.51. The van der Waals surface area contributed by atoms with Gasteiger partial charge in [-0.15, -0.1) is 0 Å². The molecule has 0 radical (unpaired) electrons. The molecular formula is C13H19N3O4S. The highest BCUT2D eigenvalue weighted by Gasteiger charge is 2.39. The van der Waals surface area contributed by atoms with Crippen LogP contribution in [0.15, 0.2) is 12.3 Å². The number of carbonyl (C=O) groups is 1. The number of sulfone groups is 1. The minimum atomic E-state index is -3.06. The normalized spacial score (nSPS) is 23.7. The van der Waals surface area contributed by atoms with Crippen LogP contribution in [0.2, 0.25) is 0 Å². The molecule has 3 N–H and O–H groups in total. The fraction of sp³-hybridized carbons (Fsp3) is 0.538. The van der Waals surface area contributed by atoms with Crippen molar-refractivity contribution in [2.75, 3.05) is 29.2 Å². The van der Waals surface area contributed by atoms with E-state index in [0.29, 0.717) is 17.9 Å². The third-order valence-electron chi connectivity index (χ3n) is 3.33. The highest BCUT2D eigenvalue weighted by atomic mass is 32.2. The number of nitrogen functional groups attached to an aromatic ring is 1. The quantitative estimate of drug-likeness (QED) is 0.792. The van der Waals surface area contributed by atoms with E-state index in [0.717, 1.165) is 0 Å². The summed E-state index contributed by atoms with van der Waals surface area (Å²) in [6.07, 6.45) is 1.88. The molecule has 8 heteroatoms. The average Bonchev–Trinajstić information content (AvgIpc) is 2.66. The van der Waals surface area contributed by atoms with Gasteiger partial charge in [0.15, 0.2) is 9.84 Å². The van der Waals surface area contributed by atoms with Crippen LogP contribution in [-0.4, -0.2) is 43.0 Å². The SMILES string of the molecule is CCOC(=O)c1cc(N)cnc1NC1(C)CCS(=O)(=O)C1. The van der Waals surface area contributed by atoms with Crippen LogP contribution in [0.5, 0.6) is 0 Å². The van der Waals surface area contributed by atoms with Crippen LogP contribution < -0.4 is 11.1 Å². The van der Waals surface area contributed by atoms with Gasteiger partial charge < -0.3 is 15.8 Å². The Morgan fingerprint density at radius 3 is 2.86 bits per heavy atom. The van der Waals surface area contributed by atoms with Gasteiger partial charge in [-0.05, 0) is 26.3 Å². The molecule has 0 bridgehead atoms. The molecule has 0 aromatic carbocycles. The Labute approximate surface area is 123 Å². The van der Waals surface area contributed by atoms with E-state index in [1.165, 1.54) is 12.3 Å². The summed E-state index contributed by atoms with van der Waals surface area (Å²) in [4.78, 5) is 16.1. The first kappa shape index (κ1) is 15.6. The van der Waals surface area contributed by atoms with Crippen LogP contribution in [0.4, 0.5) is 11.5 Å². The maximum atomic E-state index is 11.9. The molecule has 1 saturated heterocycles. The van der Waals surface area contributed by atoms with E-state index in [4.69, 9.17) is 10.5 Å². The van der Waals surface area contributed by atoms with Gasteiger partial charge in [-0.2, -0.15) is 0 Å². The number of rotatable bonds is 4. The predicted octanol–water partition coefficient (Wildman–Crippen LogP) is 0.830. The van der Waals surface area contributed by atoms with E-state index in [9.17, 15) is 13.2 Å². The smallest absolute Gasteiger partial charge is 0.341 e. The molecule has 0 amide bonds. The van der Waals surface area contributed by atoms with Crippen molar-refractivity contribution in [3.8, 4) is 0 Å². The summed E-state index contributed by atoms with van der Waals surface area (Å²) < 4.78 is 28.2. The molecule has 116 valence electrons. The van der Waals surface area contributed by atoms with Crippen molar-refractivity contribution in [3.63, 3.8) is 0 Å². The lowest BCUT2D eigenvalue weighted by Crippen LogP contribution is -2.37. The number of nitrogens with zero attached hydrogens (tertiary/aromatic N) is 1. The Kier molecular flexibility index (Phi) is 4.08. The molecule has 21 heavy (non-hydrogen) atoms. The summed E-state index contributed by atoms with van der Waals surface area (Å²) in [5.41, 5.74) is 5.55. The zero-order valence-corrected chi connectivity index (χ0v) is 12.9. The van der Waals surface area contributed by atoms with Gasteiger partial charge in [-0.1, -0.05) is 0 Å². The number of nitrogens with two attached hydrogens (primary N) is 1. The average molecular weight is 313 g/mol. The summed E-state index contributed by atoms with van der Waals surface area (Å²) in [5.74, 6) is -0.111. The highest BCUT2D eigenvalue weighted by molar-refractivity contribution is 7.91. The van der Waals surface area contributed by atoms with Gasteiger partial charge in [0, 0.05) is 0 Å². The number of esters is 1. The highest BCUT2D eigenvalue weighted by Crippen LogP contribution is 2.28. The molecule has 1 unspecified atom stereocenters. The van der Waals surface area contributed by atoms with Crippen LogP contribution in [0.25, 0.3) is 0 Å². The van der Waals surface area contributed by atoms with Gasteiger partial charge in [0.05, 0.1) is 35.5 Å². The van der Waals surface area contributed by atoms with Crippen molar-refractivity contribution in [1.82, 2.24) is 4.98 Å². The predicted molar refractivity (Wildman–Crippen MR) is 79.9 cm³/mol. The number of aromatic nitrogens is 1. The molecule has 1 aromatic heterocycles. The molecule has 1 aromatic rings. The van der Waals surface area contributed by atoms with Gasteiger partial charge in [0.1, 0.15) is 11.4 Å². The molecule has 2 rings (SSSR count). The summed E-state index contributed by atoms with van der Waals surface area (Å²) in [6.45, 7) is 3.73. The third kappa shape index (κ3) is 3.63. The Balaban J connectivity index is 2.30. The lowest BCUT2D eigenvalue weighted by Gasteiger charge is -2.25. The Bertz CT molecular complexity index is 659. The Morgan fingerprint density at radius 2 is 2.29 bits per heavy atom. The monoisotopic (exact) mass is 313 g/mol. The van der Waals surface area contributed by atoms with Crippen molar-refractivity contribution in [1.29, 1.82) is 0 Å². The molecule has 0 aliphatic carbocycles. The molecule has 1 atom stereocenters. The second-order valence-corrected chi connectivity index (χ2v) is 7.60. The van der Waals surface area contributed by atoms with Crippen molar-refractivity contribution in [2.24, 2.45) is 0 Å². The first-order valence-corrected chi connectivity index (χ1v) is 8.48. The zero-order valence-electron chi connectivity index (χ0n) is 12.0. The number of nitrogens with one attached hydrogen (secondary N) is 1. The molecule has 0 saturated carbocycles. The zero-order chi connectivity index (χ0) is 15.7. The molecular weight excluding hydrogens is 294 g/mol. The van der Waals surface area contributed by atoms with Crippen LogP contribution in [-0.2, 0) is 14.6 Å². The number of pyridine rings is 1. The van der Waals surface area contributed by atoms with E-state index in [1.54, 1.807) is 13.8 Å². The van der Waals surface area contributed by atoms with Crippen molar-refractivity contribution in [3.05, 3.63) is 17.8 Å². The van der Waals surface area contributed by atoms with Crippen LogP contribution in [0, 0.1) is 0 Å². The summed E-state index contributed by atoms with van der Waals surface area (Å²) in [6, 6.07) is 1.47. The number of hydrogen-bond donors (Lipinski definition) is 2. The van der Waals surface area contributed by atoms with Crippen LogP contribution >= 0.6 is 0 Å². The van der Waals surface area contributed by atoms with E-state index in [1.807, 2.05) is 0 Å². The first-order chi connectivity index (χ1) is 9.75. The minimum Gasteiger partial charge on any atom is -0.462 e. The molecule has 1 aliphatic rings. The molecule has 0 spiro atoms. The first-order valence-electron chi connectivity index (χ1n) is 6.66. The maximum absolute atomic E-state index is 11.9. The van der Waals surface area contributed by atoms with Gasteiger partial charge >= 0.3 is 5.97 Å². The summed E-state index contributed by atoms with van der Waals surface area (Å²) in [7, 11) is -3.06. The van der Waals surface area contributed by atoms with Gasteiger partial charge in [-0.3, -0.25) is 0 Å². The van der Waals surface area contributed by atoms with E-state index >= 15 is 0 Å². The summed E-state index contributed by atoms with van der Waals surface area (Å²) >= 11 is 0. The second-order valence-electron chi connectivity index (χ2n) is 5.41. The fourth-order valence-corrected chi connectivity index (χ4v) is 4.43. The van der Waals surface area contributed by atoms with Crippen LogP contribution in [0.3, 0.4) is 0 Å². The lowest BCUT2D eigenvalue weighted by molar-refractivity contribution is 0.0527. The van der Waals surface area contributed by atoms with Crippen LogP contribution in [0.1, 0.15) is 30.6 Å². The topological polar surface area (TPSA) is 111 Å². The van der Waals surface area contributed by atoms with Crippen molar-refractivity contribution >= 4 is 27.3 Å². The van der Waals surface area contributed by atoms with Crippen molar-refractivity contribution in [2.45, 2.75) is 25.8 Å². The molecule has 2 heterocycles. The largest absolute Gasteiger partial charge is 0.462 e. The standard InChI is InChI=1S/C13H19N3O4S/c1-3-20-12(17)10-6-9(14)7-15-11(10)16-13(2)4-5-21(18,19)8-13/h6-7H,3-5,8,14H2,1-2H3,(H,15,16). The number of anilines is 2. The number of carbonyl (C=O) groups excluding carboxylic acids is 1. The summed E-state index contributed by atoms with van der Waals surface area (Å²) in [5, 5.41) is 3.06. The lowest BCUT2D eigenvalue weighted by atomic mass is 10.0. The maximum Gasteiger partial charge on any atom is 0.341 e. The van der Waals surface area contributed by atoms with Gasteiger partial charge in [-0.25, -0.2) is 18.2 Å². The Morgan fingerprint density at radius 1 is 1.57 bits per heavy atom.